The molecule has 0 aromatic heterocycles. The first-order valence-corrected chi connectivity index (χ1v) is 16.9. The Kier molecular flexibility index (Phi) is 16.4. The molecule has 6 nitrogen and oxygen atoms in total. The Morgan fingerprint density at radius 1 is 0.606 bits per heavy atom. The molecule has 0 amide bonds. The average molecular weight is 512 g/mol. The predicted molar refractivity (Wildman–Crippen MR) is 141 cm³/mol. The van der Waals surface area contributed by atoms with Gasteiger partial charge in [-0.2, -0.15) is 0 Å². The Morgan fingerprint density at radius 2 is 1.00 bits per heavy atom. The summed E-state index contributed by atoms with van der Waals surface area (Å²) in [6.07, 6.45) is 15.5. The van der Waals surface area contributed by atoms with Crippen molar-refractivity contribution < 1.29 is 21.6 Å². The van der Waals surface area contributed by atoms with Gasteiger partial charge in [0, 0.05) is 19.5 Å². The summed E-state index contributed by atoms with van der Waals surface area (Å²) in [5, 5.41) is 5.11. The van der Waals surface area contributed by atoms with E-state index in [0.717, 1.165) is 96.7 Å². The highest BCUT2D eigenvalue weighted by molar-refractivity contribution is 7.90. The third-order valence-corrected chi connectivity index (χ3v) is 9.68. The number of hydrogen-bond donors (Lipinski definition) is 1. The van der Waals surface area contributed by atoms with Crippen molar-refractivity contribution in [1.82, 2.24) is 0 Å². The summed E-state index contributed by atoms with van der Waals surface area (Å²) in [4.78, 5) is 0. The molecule has 0 unspecified atom stereocenters. The summed E-state index contributed by atoms with van der Waals surface area (Å²) in [6, 6.07) is 0. The van der Waals surface area contributed by atoms with Crippen LogP contribution in [0.15, 0.2) is 0 Å². The minimum Gasteiger partial charge on any atom is -0.381 e. The Labute approximate surface area is 205 Å². The average Bonchev–Trinajstić information content (AvgIpc) is 2.75. The van der Waals surface area contributed by atoms with Crippen LogP contribution in [0.1, 0.15) is 118 Å². The topological polar surface area (TPSA) is 104 Å². The highest BCUT2D eigenvalue weighted by Crippen LogP contribution is 2.38. The lowest BCUT2D eigenvalue weighted by Gasteiger charge is -2.32. The summed E-state index contributed by atoms with van der Waals surface area (Å²) >= 11 is 0. The van der Waals surface area contributed by atoms with E-state index >= 15 is 0 Å². The standard InChI is InChI=1S/C25H53NO5S2/c1-6-24(7-2,18-12-15-22-33(26,29)30)16-10-13-20-31-21-14-11-17-25(8-3,9-4)19-23-32(5,27)28/h6-23H2,1-5H3,(H2,26,29,30). The monoisotopic (exact) mass is 511 g/mol. The van der Waals surface area contributed by atoms with Gasteiger partial charge in [-0.1, -0.05) is 72.6 Å². The maximum Gasteiger partial charge on any atom is 0.209 e. The molecule has 8 heteroatoms. The van der Waals surface area contributed by atoms with Gasteiger partial charge in [-0.15, -0.1) is 0 Å². The van der Waals surface area contributed by atoms with E-state index in [1.54, 1.807) is 0 Å². The van der Waals surface area contributed by atoms with Crippen LogP contribution in [-0.4, -0.2) is 47.8 Å². The molecule has 0 aliphatic carbocycles. The molecule has 0 bridgehead atoms. The molecule has 0 fully saturated rings. The van der Waals surface area contributed by atoms with Gasteiger partial charge in [0.2, 0.25) is 10.0 Å². The molecule has 0 saturated carbocycles. The van der Waals surface area contributed by atoms with Crippen LogP contribution in [0.25, 0.3) is 0 Å². The zero-order valence-corrected chi connectivity index (χ0v) is 23.8. The van der Waals surface area contributed by atoms with Crippen LogP contribution in [0.5, 0.6) is 0 Å². The number of unbranched alkanes of at least 4 members (excludes halogenated alkanes) is 3. The van der Waals surface area contributed by atoms with E-state index in [0.29, 0.717) is 11.8 Å². The molecule has 33 heavy (non-hydrogen) atoms. The third kappa shape index (κ3) is 16.2. The first-order chi connectivity index (χ1) is 15.4. The van der Waals surface area contributed by atoms with Gasteiger partial charge in [-0.3, -0.25) is 0 Å². The van der Waals surface area contributed by atoms with Crippen molar-refractivity contribution in [2.75, 3.05) is 31.0 Å². The van der Waals surface area contributed by atoms with Crippen LogP contribution >= 0.6 is 0 Å². The largest absolute Gasteiger partial charge is 0.381 e. The summed E-state index contributed by atoms with van der Waals surface area (Å²) < 4.78 is 51.2. The number of sulfonamides is 1. The molecule has 200 valence electrons. The van der Waals surface area contributed by atoms with E-state index in [4.69, 9.17) is 9.88 Å². The molecule has 2 N–H and O–H groups in total. The van der Waals surface area contributed by atoms with Crippen molar-refractivity contribution >= 4 is 19.9 Å². The van der Waals surface area contributed by atoms with E-state index in [1.165, 1.54) is 6.26 Å². The number of nitrogens with two attached hydrogens (primary N) is 1. The summed E-state index contributed by atoms with van der Waals surface area (Å²) in [6.45, 7) is 10.4. The molecule has 0 aromatic rings. The van der Waals surface area contributed by atoms with Gasteiger partial charge in [0.15, 0.2) is 0 Å². The Bertz CT molecular complexity index is 696. The van der Waals surface area contributed by atoms with Crippen LogP contribution < -0.4 is 5.14 Å². The molecule has 0 aliphatic heterocycles. The Morgan fingerprint density at radius 3 is 1.36 bits per heavy atom. The molecule has 0 saturated heterocycles. The van der Waals surface area contributed by atoms with Crippen LogP contribution in [0, 0.1) is 10.8 Å². The van der Waals surface area contributed by atoms with E-state index in [2.05, 4.69) is 27.7 Å². The predicted octanol–water partition coefficient (Wildman–Crippen LogP) is 5.85. The van der Waals surface area contributed by atoms with Crippen LogP contribution in [-0.2, 0) is 24.6 Å². The second-order valence-electron chi connectivity index (χ2n) is 10.1. The highest BCUT2D eigenvalue weighted by atomic mass is 32.2. The lowest BCUT2D eigenvalue weighted by Crippen LogP contribution is -2.23. The van der Waals surface area contributed by atoms with Crippen molar-refractivity contribution in [1.29, 1.82) is 0 Å². The number of sulfone groups is 1. The fraction of sp³-hybridized carbons (Fsp3) is 1.00. The molecule has 0 spiro atoms. The normalized spacial score (nSPS) is 13.5. The molecule has 0 aromatic carbocycles. The number of rotatable bonds is 22. The maximum atomic E-state index is 11.6. The minimum atomic E-state index is -3.35. The second-order valence-corrected chi connectivity index (χ2v) is 14.1. The molecular formula is C25H53NO5S2. The van der Waals surface area contributed by atoms with Gasteiger partial charge >= 0.3 is 0 Å². The molecule has 0 heterocycles. The zero-order chi connectivity index (χ0) is 25.4. The number of ether oxygens (including phenoxy) is 1. The van der Waals surface area contributed by atoms with Crippen molar-refractivity contribution in [3.63, 3.8) is 0 Å². The zero-order valence-electron chi connectivity index (χ0n) is 22.2. The summed E-state index contributed by atoms with van der Waals surface area (Å²) in [7, 11) is -6.26. The van der Waals surface area contributed by atoms with Gasteiger partial charge in [0.05, 0.1) is 11.5 Å². The van der Waals surface area contributed by atoms with Crippen LogP contribution in [0.4, 0.5) is 0 Å². The van der Waals surface area contributed by atoms with Gasteiger partial charge < -0.3 is 4.74 Å². The minimum absolute atomic E-state index is 0.0830. The highest BCUT2D eigenvalue weighted by Gasteiger charge is 2.27. The second kappa shape index (κ2) is 16.5. The van der Waals surface area contributed by atoms with E-state index in [1.807, 2.05) is 0 Å². The first-order valence-electron chi connectivity index (χ1n) is 13.1. The molecular weight excluding hydrogens is 458 g/mol. The smallest absolute Gasteiger partial charge is 0.209 e. The van der Waals surface area contributed by atoms with Crippen molar-refractivity contribution in [2.24, 2.45) is 16.0 Å². The van der Waals surface area contributed by atoms with Gasteiger partial charge in [-0.05, 0) is 55.8 Å². The van der Waals surface area contributed by atoms with E-state index in [9.17, 15) is 16.8 Å². The van der Waals surface area contributed by atoms with Crippen LogP contribution in [0.3, 0.4) is 0 Å². The molecule has 0 radical (unpaired) electrons. The lowest BCUT2D eigenvalue weighted by atomic mass is 9.74. The fourth-order valence-electron chi connectivity index (χ4n) is 4.88. The molecule has 0 aliphatic rings. The van der Waals surface area contributed by atoms with Gasteiger partial charge in [-0.25, -0.2) is 22.0 Å². The van der Waals surface area contributed by atoms with Gasteiger partial charge in [0.25, 0.3) is 0 Å². The quantitative estimate of drug-likeness (QED) is 0.184. The lowest BCUT2D eigenvalue weighted by molar-refractivity contribution is 0.114. The van der Waals surface area contributed by atoms with Crippen LogP contribution in [0.2, 0.25) is 0 Å². The molecule has 0 rings (SSSR count). The van der Waals surface area contributed by atoms with Crippen molar-refractivity contribution in [3.05, 3.63) is 0 Å². The SMILES string of the molecule is CCC(CC)(CCCCOCCCCC(CC)(CC)CCS(C)(=O)=O)CCCCS(N)(=O)=O. The first kappa shape index (κ1) is 32.8. The maximum absolute atomic E-state index is 11.6. The number of hydrogen-bond acceptors (Lipinski definition) is 5. The molecule has 0 atom stereocenters. The summed E-state index contributed by atoms with van der Waals surface area (Å²) in [5.74, 6) is 0.369. The Balaban J connectivity index is 4.11. The van der Waals surface area contributed by atoms with Crippen molar-refractivity contribution in [2.45, 2.75) is 118 Å². The third-order valence-electron chi connectivity index (χ3n) is 7.88. The number of primary sulfonamides is 1. The summed E-state index contributed by atoms with van der Waals surface area (Å²) in [5.41, 5.74) is 0.440. The Hall–Kier alpha value is -0.180. The van der Waals surface area contributed by atoms with Crippen molar-refractivity contribution in [3.8, 4) is 0 Å². The van der Waals surface area contributed by atoms with Gasteiger partial charge in [0.1, 0.15) is 9.84 Å². The van der Waals surface area contributed by atoms with E-state index < -0.39 is 19.9 Å². The van der Waals surface area contributed by atoms with E-state index in [-0.39, 0.29) is 16.9 Å². The fourth-order valence-corrected chi connectivity index (χ4v) is 6.29.